The van der Waals surface area contributed by atoms with E-state index in [4.69, 9.17) is 0 Å². The van der Waals surface area contributed by atoms with Crippen molar-refractivity contribution in [2.75, 3.05) is 11.9 Å². The van der Waals surface area contributed by atoms with Gasteiger partial charge in [-0.2, -0.15) is 0 Å². The van der Waals surface area contributed by atoms with Crippen molar-refractivity contribution in [3.63, 3.8) is 0 Å². The van der Waals surface area contributed by atoms with Crippen molar-refractivity contribution in [2.24, 2.45) is 0 Å². The molecule has 132 valence electrons. The first-order valence-corrected chi connectivity index (χ1v) is 8.51. The van der Waals surface area contributed by atoms with Gasteiger partial charge in [0.05, 0.1) is 0 Å². The summed E-state index contributed by atoms with van der Waals surface area (Å²) >= 11 is 0. The van der Waals surface area contributed by atoms with Crippen molar-refractivity contribution in [3.8, 4) is 0 Å². The third-order valence-corrected chi connectivity index (χ3v) is 3.80. The number of halogens is 1. The summed E-state index contributed by atoms with van der Waals surface area (Å²) in [5, 5.41) is 5.64. The number of benzene rings is 2. The fourth-order valence-electron chi connectivity index (χ4n) is 2.34. The standard InChI is InChI=1S/C20H23FN2O2/c1-2-3-4-19(24)23-18-11-7-16(8-12-18)20(25)22-14-13-15-5-9-17(21)10-6-15/h5-12H,2-4,13-14H2,1H3,(H,22,25)(H,23,24). The Morgan fingerprint density at radius 1 is 1.00 bits per heavy atom. The largest absolute Gasteiger partial charge is 0.352 e. The maximum absolute atomic E-state index is 12.8. The van der Waals surface area contributed by atoms with E-state index in [-0.39, 0.29) is 17.6 Å². The highest BCUT2D eigenvalue weighted by Gasteiger charge is 2.06. The maximum atomic E-state index is 12.8. The van der Waals surface area contributed by atoms with Gasteiger partial charge in [0.2, 0.25) is 5.91 Å². The lowest BCUT2D eigenvalue weighted by Crippen LogP contribution is -2.25. The van der Waals surface area contributed by atoms with E-state index in [0.717, 1.165) is 18.4 Å². The first-order valence-electron chi connectivity index (χ1n) is 8.51. The van der Waals surface area contributed by atoms with E-state index in [2.05, 4.69) is 10.6 Å². The molecule has 2 aromatic rings. The van der Waals surface area contributed by atoms with E-state index in [9.17, 15) is 14.0 Å². The van der Waals surface area contributed by atoms with Crippen LogP contribution in [0, 0.1) is 5.82 Å². The summed E-state index contributed by atoms with van der Waals surface area (Å²) < 4.78 is 12.8. The van der Waals surface area contributed by atoms with Crippen LogP contribution in [0.1, 0.15) is 42.1 Å². The normalized spacial score (nSPS) is 10.3. The third-order valence-electron chi connectivity index (χ3n) is 3.80. The summed E-state index contributed by atoms with van der Waals surface area (Å²) in [6.07, 6.45) is 2.98. The van der Waals surface area contributed by atoms with Gasteiger partial charge in [0.25, 0.3) is 5.91 Å². The van der Waals surface area contributed by atoms with Crippen molar-refractivity contribution in [1.29, 1.82) is 0 Å². The molecule has 0 atom stereocenters. The Labute approximate surface area is 147 Å². The smallest absolute Gasteiger partial charge is 0.251 e. The lowest BCUT2D eigenvalue weighted by Gasteiger charge is -2.08. The monoisotopic (exact) mass is 342 g/mol. The van der Waals surface area contributed by atoms with Crippen LogP contribution in [-0.4, -0.2) is 18.4 Å². The van der Waals surface area contributed by atoms with E-state index >= 15 is 0 Å². The second-order valence-electron chi connectivity index (χ2n) is 5.86. The lowest BCUT2D eigenvalue weighted by molar-refractivity contribution is -0.116. The third kappa shape index (κ3) is 6.37. The van der Waals surface area contributed by atoms with Crippen molar-refractivity contribution < 1.29 is 14.0 Å². The van der Waals surface area contributed by atoms with Crippen molar-refractivity contribution in [3.05, 3.63) is 65.5 Å². The topological polar surface area (TPSA) is 58.2 Å². The van der Waals surface area contributed by atoms with Gasteiger partial charge >= 0.3 is 0 Å². The Kier molecular flexibility index (Phi) is 7.14. The molecule has 2 rings (SSSR count). The van der Waals surface area contributed by atoms with E-state index < -0.39 is 0 Å². The summed E-state index contributed by atoms with van der Waals surface area (Å²) in [4.78, 5) is 23.8. The van der Waals surface area contributed by atoms with Gasteiger partial charge in [-0.1, -0.05) is 25.5 Å². The molecule has 0 unspecified atom stereocenters. The fraction of sp³-hybridized carbons (Fsp3) is 0.300. The minimum atomic E-state index is -0.269. The van der Waals surface area contributed by atoms with Crippen LogP contribution in [0.15, 0.2) is 48.5 Å². The average Bonchev–Trinajstić information content (AvgIpc) is 2.62. The molecule has 0 aromatic heterocycles. The van der Waals surface area contributed by atoms with Crippen LogP contribution in [0.5, 0.6) is 0 Å². The van der Waals surface area contributed by atoms with Crippen LogP contribution < -0.4 is 10.6 Å². The molecule has 0 heterocycles. The molecule has 0 saturated heterocycles. The van der Waals surface area contributed by atoms with Gasteiger partial charge in [0.15, 0.2) is 0 Å². The van der Waals surface area contributed by atoms with Gasteiger partial charge in [-0.15, -0.1) is 0 Å². The molecule has 0 saturated carbocycles. The van der Waals surface area contributed by atoms with Crippen molar-refractivity contribution in [2.45, 2.75) is 32.6 Å². The molecule has 0 aliphatic rings. The van der Waals surface area contributed by atoms with E-state index in [1.807, 2.05) is 6.92 Å². The van der Waals surface area contributed by atoms with Crippen LogP contribution in [0.2, 0.25) is 0 Å². The highest BCUT2D eigenvalue weighted by molar-refractivity contribution is 5.95. The maximum Gasteiger partial charge on any atom is 0.251 e. The zero-order valence-electron chi connectivity index (χ0n) is 14.3. The van der Waals surface area contributed by atoms with E-state index in [0.29, 0.717) is 30.6 Å². The molecule has 2 N–H and O–H groups in total. The minimum absolute atomic E-state index is 0.0154. The number of rotatable bonds is 8. The molecule has 5 heteroatoms. The van der Waals surface area contributed by atoms with Crippen molar-refractivity contribution in [1.82, 2.24) is 5.32 Å². The molecular formula is C20H23FN2O2. The van der Waals surface area contributed by atoms with Gasteiger partial charge in [-0.05, 0) is 54.8 Å². The number of unbranched alkanes of at least 4 members (excludes halogenated alkanes) is 1. The molecule has 0 spiro atoms. The number of nitrogens with one attached hydrogen (secondary N) is 2. The van der Waals surface area contributed by atoms with Crippen molar-refractivity contribution >= 4 is 17.5 Å². The van der Waals surface area contributed by atoms with Gasteiger partial charge in [-0.3, -0.25) is 9.59 Å². The summed E-state index contributed by atoms with van der Waals surface area (Å²) in [6, 6.07) is 13.0. The Balaban J connectivity index is 1.79. The van der Waals surface area contributed by atoms with Gasteiger partial charge in [-0.25, -0.2) is 4.39 Å². The van der Waals surface area contributed by atoms with Crippen LogP contribution in [0.25, 0.3) is 0 Å². The molecule has 2 aromatic carbocycles. The molecule has 0 radical (unpaired) electrons. The number of amides is 2. The van der Waals surface area contributed by atoms with Crippen LogP contribution in [0.4, 0.5) is 10.1 Å². The molecule has 25 heavy (non-hydrogen) atoms. The zero-order chi connectivity index (χ0) is 18.1. The Morgan fingerprint density at radius 3 is 2.32 bits per heavy atom. The highest BCUT2D eigenvalue weighted by Crippen LogP contribution is 2.11. The minimum Gasteiger partial charge on any atom is -0.352 e. The summed E-state index contributed by atoms with van der Waals surface area (Å²) in [7, 11) is 0. The second kappa shape index (κ2) is 9.57. The van der Waals surface area contributed by atoms with Gasteiger partial charge in [0.1, 0.15) is 5.82 Å². The summed E-state index contributed by atoms with van der Waals surface area (Å²) in [6.45, 7) is 2.51. The van der Waals surface area contributed by atoms with Gasteiger partial charge in [0, 0.05) is 24.2 Å². The zero-order valence-corrected chi connectivity index (χ0v) is 14.3. The predicted octanol–water partition coefficient (Wildman–Crippen LogP) is 3.93. The second-order valence-corrected chi connectivity index (χ2v) is 5.86. The lowest BCUT2D eigenvalue weighted by atomic mass is 10.1. The number of carbonyl (C=O) groups is 2. The molecular weight excluding hydrogens is 319 g/mol. The SMILES string of the molecule is CCCCC(=O)Nc1ccc(C(=O)NCCc2ccc(F)cc2)cc1. The molecule has 0 bridgehead atoms. The highest BCUT2D eigenvalue weighted by atomic mass is 19.1. The Bertz CT molecular complexity index is 697. The average molecular weight is 342 g/mol. The number of hydrogen-bond acceptors (Lipinski definition) is 2. The molecule has 0 aliphatic carbocycles. The van der Waals surface area contributed by atoms with Crippen LogP contribution >= 0.6 is 0 Å². The Morgan fingerprint density at radius 2 is 1.68 bits per heavy atom. The molecule has 0 fully saturated rings. The van der Waals surface area contributed by atoms with Gasteiger partial charge < -0.3 is 10.6 Å². The summed E-state index contributed by atoms with van der Waals surface area (Å²) in [5.41, 5.74) is 2.18. The van der Waals surface area contributed by atoms with E-state index in [1.165, 1.54) is 12.1 Å². The molecule has 0 aliphatic heterocycles. The number of carbonyl (C=O) groups excluding carboxylic acids is 2. The molecule has 2 amide bonds. The predicted molar refractivity (Wildman–Crippen MR) is 97.0 cm³/mol. The fourth-order valence-corrected chi connectivity index (χ4v) is 2.34. The Hall–Kier alpha value is -2.69. The quantitative estimate of drug-likeness (QED) is 0.764. The number of anilines is 1. The first-order chi connectivity index (χ1) is 12.1. The van der Waals surface area contributed by atoms with E-state index in [1.54, 1.807) is 36.4 Å². The number of hydrogen-bond donors (Lipinski definition) is 2. The van der Waals surface area contributed by atoms with Crippen LogP contribution in [-0.2, 0) is 11.2 Å². The first kappa shape index (κ1) is 18.6. The van der Waals surface area contributed by atoms with Crippen LogP contribution in [0.3, 0.4) is 0 Å². The molecule has 4 nitrogen and oxygen atoms in total. The summed E-state index contributed by atoms with van der Waals surface area (Å²) in [5.74, 6) is -0.459.